The first-order valence-electron chi connectivity index (χ1n) is 8.03. The molecule has 3 aromatic rings. The maximum atomic E-state index is 10.6. The third kappa shape index (κ3) is 4.67. The van der Waals surface area contributed by atoms with Gasteiger partial charge in [0.1, 0.15) is 11.5 Å². The zero-order chi connectivity index (χ0) is 17.6. The van der Waals surface area contributed by atoms with E-state index in [2.05, 4.69) is 15.5 Å². The highest BCUT2D eigenvalue weighted by Gasteiger charge is 2.08. The van der Waals surface area contributed by atoms with Crippen molar-refractivity contribution in [2.45, 2.75) is 26.3 Å². The predicted octanol–water partition coefficient (Wildman–Crippen LogP) is 3.67. The van der Waals surface area contributed by atoms with Gasteiger partial charge in [-0.3, -0.25) is 4.79 Å². The molecule has 0 radical (unpaired) electrons. The highest BCUT2D eigenvalue weighted by Crippen LogP contribution is 2.21. The Bertz CT molecular complexity index is 856. The van der Waals surface area contributed by atoms with Crippen molar-refractivity contribution in [2.75, 3.05) is 5.32 Å². The SMILES string of the molecule is Cc1ccnc(NCc2cc(-c3ccc(CCC(=O)O)cc3)on2)c1. The van der Waals surface area contributed by atoms with Crippen molar-refractivity contribution in [1.82, 2.24) is 10.1 Å². The normalized spacial score (nSPS) is 10.6. The summed E-state index contributed by atoms with van der Waals surface area (Å²) >= 11 is 0. The minimum absolute atomic E-state index is 0.129. The summed E-state index contributed by atoms with van der Waals surface area (Å²) in [5.74, 6) is 0.686. The summed E-state index contributed by atoms with van der Waals surface area (Å²) in [5, 5.41) is 16.0. The van der Waals surface area contributed by atoms with Crippen LogP contribution in [0.5, 0.6) is 0 Å². The number of benzene rings is 1. The third-order valence-electron chi connectivity index (χ3n) is 3.79. The fourth-order valence-corrected chi connectivity index (χ4v) is 2.43. The molecule has 0 atom stereocenters. The van der Waals surface area contributed by atoms with E-state index in [-0.39, 0.29) is 6.42 Å². The van der Waals surface area contributed by atoms with Crippen molar-refractivity contribution < 1.29 is 14.4 Å². The summed E-state index contributed by atoms with van der Waals surface area (Å²) in [6, 6.07) is 13.4. The van der Waals surface area contributed by atoms with Crippen LogP contribution in [0.4, 0.5) is 5.82 Å². The van der Waals surface area contributed by atoms with E-state index in [4.69, 9.17) is 9.63 Å². The number of nitrogens with zero attached hydrogens (tertiary/aromatic N) is 2. The summed E-state index contributed by atoms with van der Waals surface area (Å²) in [6.45, 7) is 2.54. The lowest BCUT2D eigenvalue weighted by Gasteiger charge is -2.03. The molecule has 128 valence electrons. The van der Waals surface area contributed by atoms with Crippen molar-refractivity contribution in [3.63, 3.8) is 0 Å². The number of nitrogens with one attached hydrogen (secondary N) is 1. The lowest BCUT2D eigenvalue weighted by molar-refractivity contribution is -0.136. The van der Waals surface area contributed by atoms with Crippen LogP contribution in [0.25, 0.3) is 11.3 Å². The Balaban J connectivity index is 1.61. The Hall–Kier alpha value is -3.15. The number of aliphatic carboxylic acids is 1. The molecule has 0 saturated heterocycles. The molecule has 0 aliphatic heterocycles. The van der Waals surface area contributed by atoms with Crippen LogP contribution < -0.4 is 5.32 Å². The largest absolute Gasteiger partial charge is 0.481 e. The number of carboxylic acids is 1. The van der Waals surface area contributed by atoms with Crippen LogP contribution in [0.2, 0.25) is 0 Å². The second kappa shape index (κ2) is 7.61. The zero-order valence-electron chi connectivity index (χ0n) is 13.9. The molecule has 0 unspecified atom stereocenters. The van der Waals surface area contributed by atoms with Crippen LogP contribution in [0, 0.1) is 6.92 Å². The Morgan fingerprint density at radius 2 is 2.00 bits per heavy atom. The lowest BCUT2D eigenvalue weighted by atomic mass is 10.1. The van der Waals surface area contributed by atoms with Gasteiger partial charge in [0.15, 0.2) is 5.76 Å². The molecule has 2 heterocycles. The Morgan fingerprint density at radius 3 is 2.72 bits per heavy atom. The second-order valence-corrected chi connectivity index (χ2v) is 5.85. The minimum Gasteiger partial charge on any atom is -0.481 e. The van der Waals surface area contributed by atoms with E-state index in [0.29, 0.717) is 18.7 Å². The van der Waals surface area contributed by atoms with Crippen molar-refractivity contribution >= 4 is 11.8 Å². The van der Waals surface area contributed by atoms with Gasteiger partial charge in [0.2, 0.25) is 0 Å². The van der Waals surface area contributed by atoms with Gasteiger partial charge in [-0.05, 0) is 36.6 Å². The number of aryl methyl sites for hydroxylation is 2. The fourth-order valence-electron chi connectivity index (χ4n) is 2.43. The summed E-state index contributed by atoms with van der Waals surface area (Å²) in [7, 11) is 0. The van der Waals surface area contributed by atoms with E-state index in [1.165, 1.54) is 0 Å². The van der Waals surface area contributed by atoms with Crippen LogP contribution in [0.3, 0.4) is 0 Å². The van der Waals surface area contributed by atoms with Gasteiger partial charge in [0.05, 0.1) is 6.54 Å². The van der Waals surface area contributed by atoms with E-state index in [1.807, 2.05) is 49.4 Å². The molecule has 1 aromatic carbocycles. The molecule has 0 spiro atoms. The molecule has 3 rings (SSSR count). The number of hydrogen-bond acceptors (Lipinski definition) is 5. The average Bonchev–Trinajstić information content (AvgIpc) is 3.08. The number of carboxylic acid groups (broad SMARTS) is 1. The van der Waals surface area contributed by atoms with E-state index in [0.717, 1.165) is 28.2 Å². The zero-order valence-corrected chi connectivity index (χ0v) is 13.9. The summed E-state index contributed by atoms with van der Waals surface area (Å²) in [6.07, 6.45) is 2.41. The number of pyridine rings is 1. The minimum atomic E-state index is -0.792. The molecule has 2 aromatic heterocycles. The van der Waals surface area contributed by atoms with E-state index in [1.54, 1.807) is 6.20 Å². The van der Waals surface area contributed by atoms with Crippen LogP contribution in [0.1, 0.15) is 23.2 Å². The number of aromatic nitrogens is 2. The molecule has 6 heteroatoms. The van der Waals surface area contributed by atoms with Crippen LogP contribution >= 0.6 is 0 Å². The first-order valence-corrected chi connectivity index (χ1v) is 8.03. The van der Waals surface area contributed by atoms with Crippen molar-refractivity contribution in [3.05, 3.63) is 65.5 Å². The van der Waals surface area contributed by atoms with Crippen molar-refractivity contribution in [1.29, 1.82) is 0 Å². The van der Waals surface area contributed by atoms with Gasteiger partial charge in [-0.2, -0.15) is 0 Å². The monoisotopic (exact) mass is 337 g/mol. The van der Waals surface area contributed by atoms with Gasteiger partial charge in [0, 0.05) is 24.2 Å². The molecule has 6 nitrogen and oxygen atoms in total. The Kier molecular flexibility index (Phi) is 5.09. The molecule has 0 bridgehead atoms. The number of rotatable bonds is 7. The van der Waals surface area contributed by atoms with Gasteiger partial charge in [-0.15, -0.1) is 0 Å². The number of anilines is 1. The van der Waals surface area contributed by atoms with Crippen molar-refractivity contribution in [3.8, 4) is 11.3 Å². The summed E-state index contributed by atoms with van der Waals surface area (Å²) in [4.78, 5) is 14.9. The first-order chi connectivity index (χ1) is 12.1. The molecule has 0 saturated carbocycles. The van der Waals surface area contributed by atoms with E-state index >= 15 is 0 Å². The molecule has 0 amide bonds. The molecule has 25 heavy (non-hydrogen) atoms. The second-order valence-electron chi connectivity index (χ2n) is 5.85. The molecule has 0 aliphatic carbocycles. The standard InChI is InChI=1S/C19H19N3O3/c1-13-8-9-20-18(10-13)21-12-16-11-17(25-22-16)15-5-2-14(3-6-15)4-7-19(23)24/h2-3,5-6,8-11H,4,7,12H2,1H3,(H,20,21)(H,23,24). The molecular weight excluding hydrogens is 318 g/mol. The van der Waals surface area contributed by atoms with Gasteiger partial charge in [0.25, 0.3) is 0 Å². The van der Waals surface area contributed by atoms with Crippen LogP contribution in [-0.2, 0) is 17.8 Å². The van der Waals surface area contributed by atoms with E-state index in [9.17, 15) is 4.79 Å². The van der Waals surface area contributed by atoms with Crippen LogP contribution in [0.15, 0.2) is 53.2 Å². The fraction of sp³-hybridized carbons (Fsp3) is 0.211. The average molecular weight is 337 g/mol. The third-order valence-corrected chi connectivity index (χ3v) is 3.79. The maximum absolute atomic E-state index is 10.6. The summed E-state index contributed by atoms with van der Waals surface area (Å²) in [5.41, 5.74) is 3.82. The van der Waals surface area contributed by atoms with E-state index < -0.39 is 5.97 Å². The molecule has 2 N–H and O–H groups in total. The number of hydrogen-bond donors (Lipinski definition) is 2. The molecular formula is C19H19N3O3. The lowest BCUT2D eigenvalue weighted by Crippen LogP contribution is -2.01. The predicted molar refractivity (Wildman–Crippen MR) is 94.2 cm³/mol. The molecule has 0 aliphatic rings. The topological polar surface area (TPSA) is 88.2 Å². The highest BCUT2D eigenvalue weighted by molar-refractivity contribution is 5.67. The van der Waals surface area contributed by atoms with Gasteiger partial charge in [-0.1, -0.05) is 29.4 Å². The smallest absolute Gasteiger partial charge is 0.303 e. The first kappa shape index (κ1) is 16.7. The van der Waals surface area contributed by atoms with Gasteiger partial charge >= 0.3 is 5.97 Å². The Labute approximate surface area is 145 Å². The molecule has 0 fully saturated rings. The summed E-state index contributed by atoms with van der Waals surface area (Å²) < 4.78 is 5.40. The maximum Gasteiger partial charge on any atom is 0.303 e. The number of carbonyl (C=O) groups is 1. The highest BCUT2D eigenvalue weighted by atomic mass is 16.5. The Morgan fingerprint density at radius 1 is 1.20 bits per heavy atom. The van der Waals surface area contributed by atoms with Crippen molar-refractivity contribution in [2.24, 2.45) is 0 Å². The quantitative estimate of drug-likeness (QED) is 0.684. The van der Waals surface area contributed by atoms with Gasteiger partial charge < -0.3 is 14.9 Å². The van der Waals surface area contributed by atoms with Crippen LogP contribution in [-0.4, -0.2) is 21.2 Å². The van der Waals surface area contributed by atoms with Gasteiger partial charge in [-0.25, -0.2) is 4.98 Å².